The van der Waals surface area contributed by atoms with Gasteiger partial charge in [0.1, 0.15) is 0 Å². The number of para-hydroxylation sites is 1. The van der Waals surface area contributed by atoms with E-state index in [1.54, 1.807) is 6.92 Å². The summed E-state index contributed by atoms with van der Waals surface area (Å²) in [5.41, 5.74) is 5.79. The molecule has 0 N–H and O–H groups in total. The predicted octanol–water partition coefficient (Wildman–Crippen LogP) is 4.62. The molecule has 0 aliphatic carbocycles. The Kier molecular flexibility index (Phi) is 5.05. The summed E-state index contributed by atoms with van der Waals surface area (Å²) in [7, 11) is 0. The topological polar surface area (TPSA) is 33.2 Å². The molecule has 3 aromatic rings. The van der Waals surface area contributed by atoms with Crippen LogP contribution in [-0.4, -0.2) is 22.3 Å². The third kappa shape index (κ3) is 3.24. The zero-order chi connectivity index (χ0) is 16.5. The van der Waals surface area contributed by atoms with Gasteiger partial charge in [0, 0.05) is 36.7 Å². The second kappa shape index (κ2) is 7.24. The Morgan fingerprint density at radius 3 is 2.52 bits per heavy atom. The van der Waals surface area contributed by atoms with E-state index < -0.39 is 0 Å². The van der Waals surface area contributed by atoms with E-state index in [1.165, 1.54) is 16.7 Å². The number of rotatable bonds is 1. The highest BCUT2D eigenvalue weighted by Gasteiger charge is 2.22. The molecule has 2 heterocycles. The highest BCUT2D eigenvalue weighted by atomic mass is 35.5. The van der Waals surface area contributed by atoms with Crippen molar-refractivity contribution in [1.82, 2.24) is 9.88 Å². The standard InChI is InChI=1S/C21H20N2O.ClH/c1-15(24)23-13-7-12-20-18(14-23)21(16-8-3-2-4-9-16)17-10-5-6-11-19(17)22-20;/h2-6,8-11H,7,12-14H2,1H3;1H. The first-order valence-electron chi connectivity index (χ1n) is 8.45. The number of carbonyl (C=O) groups is 1. The number of aromatic nitrogens is 1. The Bertz CT molecular complexity index is 908. The van der Waals surface area contributed by atoms with Gasteiger partial charge in [-0.3, -0.25) is 9.78 Å². The lowest BCUT2D eigenvalue weighted by atomic mass is 9.93. The molecule has 4 rings (SSSR count). The fourth-order valence-corrected chi connectivity index (χ4v) is 3.59. The highest BCUT2D eigenvalue weighted by molar-refractivity contribution is 5.96. The van der Waals surface area contributed by atoms with Crippen molar-refractivity contribution < 1.29 is 4.79 Å². The van der Waals surface area contributed by atoms with Crippen LogP contribution >= 0.6 is 12.4 Å². The second-order valence-electron chi connectivity index (χ2n) is 6.34. The Hall–Kier alpha value is -2.39. The average Bonchev–Trinajstić information content (AvgIpc) is 2.82. The number of benzene rings is 2. The average molecular weight is 353 g/mol. The molecule has 3 nitrogen and oxygen atoms in total. The predicted molar refractivity (Wildman–Crippen MR) is 104 cm³/mol. The Balaban J connectivity index is 0.00000182. The van der Waals surface area contributed by atoms with Crippen molar-refractivity contribution in [3.05, 3.63) is 65.9 Å². The van der Waals surface area contributed by atoms with Gasteiger partial charge in [-0.2, -0.15) is 0 Å². The van der Waals surface area contributed by atoms with Crippen molar-refractivity contribution in [2.24, 2.45) is 0 Å². The van der Waals surface area contributed by atoms with Crippen LogP contribution in [0.25, 0.3) is 22.0 Å². The van der Waals surface area contributed by atoms with Crippen molar-refractivity contribution in [2.75, 3.05) is 6.54 Å². The van der Waals surface area contributed by atoms with Crippen molar-refractivity contribution in [2.45, 2.75) is 26.3 Å². The summed E-state index contributed by atoms with van der Waals surface area (Å²) in [5.74, 6) is 0.134. The first kappa shape index (κ1) is 17.4. The molecule has 2 aromatic carbocycles. The normalized spacial score (nSPS) is 13.7. The maximum absolute atomic E-state index is 12.0. The quantitative estimate of drug-likeness (QED) is 0.640. The van der Waals surface area contributed by atoms with Crippen molar-refractivity contribution in [1.29, 1.82) is 0 Å². The van der Waals surface area contributed by atoms with E-state index in [0.29, 0.717) is 6.54 Å². The molecule has 1 aromatic heterocycles. The van der Waals surface area contributed by atoms with Crippen LogP contribution in [0.3, 0.4) is 0 Å². The molecule has 0 atom stereocenters. The smallest absolute Gasteiger partial charge is 0.219 e. The van der Waals surface area contributed by atoms with Gasteiger partial charge in [0.25, 0.3) is 0 Å². The summed E-state index contributed by atoms with van der Waals surface area (Å²) >= 11 is 0. The third-order valence-electron chi connectivity index (χ3n) is 4.78. The summed E-state index contributed by atoms with van der Waals surface area (Å²) in [5, 5.41) is 1.16. The molecule has 25 heavy (non-hydrogen) atoms. The number of hydrogen-bond acceptors (Lipinski definition) is 2. The number of carbonyl (C=O) groups excluding carboxylic acids is 1. The molecule has 4 heteroatoms. The Morgan fingerprint density at radius 1 is 1.04 bits per heavy atom. The van der Waals surface area contributed by atoms with Crippen LogP contribution in [0, 0.1) is 0 Å². The summed E-state index contributed by atoms with van der Waals surface area (Å²) < 4.78 is 0. The van der Waals surface area contributed by atoms with Gasteiger partial charge in [-0.15, -0.1) is 12.4 Å². The lowest BCUT2D eigenvalue weighted by Crippen LogP contribution is -2.28. The third-order valence-corrected chi connectivity index (χ3v) is 4.78. The summed E-state index contributed by atoms with van der Waals surface area (Å²) in [6.07, 6.45) is 1.88. The summed E-state index contributed by atoms with van der Waals surface area (Å²) in [6, 6.07) is 18.8. The van der Waals surface area contributed by atoms with Crippen LogP contribution in [0.2, 0.25) is 0 Å². The molecule has 0 bridgehead atoms. The van der Waals surface area contributed by atoms with E-state index in [1.807, 2.05) is 17.0 Å². The molecule has 0 saturated carbocycles. The van der Waals surface area contributed by atoms with Gasteiger partial charge in [-0.25, -0.2) is 0 Å². The lowest BCUT2D eigenvalue weighted by molar-refractivity contribution is -0.129. The summed E-state index contributed by atoms with van der Waals surface area (Å²) in [6.45, 7) is 3.10. The molecule has 1 amide bonds. The van der Waals surface area contributed by atoms with Gasteiger partial charge in [0.15, 0.2) is 0 Å². The van der Waals surface area contributed by atoms with Gasteiger partial charge >= 0.3 is 0 Å². The zero-order valence-electron chi connectivity index (χ0n) is 14.2. The van der Waals surface area contributed by atoms with Crippen LogP contribution in [0.15, 0.2) is 54.6 Å². The SMILES string of the molecule is CC(=O)N1CCCc2nc3ccccc3c(-c3ccccc3)c2C1.Cl. The molecule has 0 fully saturated rings. The van der Waals surface area contributed by atoms with E-state index in [0.717, 1.165) is 36.0 Å². The van der Waals surface area contributed by atoms with Crippen molar-refractivity contribution >= 4 is 29.2 Å². The molecule has 0 unspecified atom stereocenters. The monoisotopic (exact) mass is 352 g/mol. The minimum atomic E-state index is 0. The largest absolute Gasteiger partial charge is 0.339 e. The number of halogens is 1. The number of pyridine rings is 1. The van der Waals surface area contributed by atoms with Crippen LogP contribution in [0.1, 0.15) is 24.6 Å². The number of aryl methyl sites for hydroxylation is 1. The second-order valence-corrected chi connectivity index (χ2v) is 6.34. The maximum atomic E-state index is 12.0. The van der Waals surface area contributed by atoms with Crippen LogP contribution < -0.4 is 0 Å². The molecule has 128 valence electrons. The molecule has 1 aliphatic rings. The number of amides is 1. The first-order valence-corrected chi connectivity index (χ1v) is 8.45. The molecule has 0 radical (unpaired) electrons. The van der Waals surface area contributed by atoms with Gasteiger partial charge in [-0.1, -0.05) is 48.5 Å². The zero-order valence-corrected chi connectivity index (χ0v) is 15.1. The molecule has 0 saturated heterocycles. The van der Waals surface area contributed by atoms with E-state index in [2.05, 4.69) is 42.5 Å². The molecular weight excluding hydrogens is 332 g/mol. The van der Waals surface area contributed by atoms with E-state index in [4.69, 9.17) is 4.98 Å². The van der Waals surface area contributed by atoms with Crippen molar-refractivity contribution in [3.63, 3.8) is 0 Å². The maximum Gasteiger partial charge on any atom is 0.219 e. The first-order chi connectivity index (χ1) is 11.7. The van der Waals surface area contributed by atoms with Gasteiger partial charge in [-0.05, 0) is 30.0 Å². The minimum absolute atomic E-state index is 0. The lowest BCUT2D eigenvalue weighted by Gasteiger charge is -2.21. The fraction of sp³-hybridized carbons (Fsp3) is 0.238. The molecule has 0 spiro atoms. The van der Waals surface area contributed by atoms with Crippen LogP contribution in [-0.2, 0) is 17.8 Å². The van der Waals surface area contributed by atoms with Gasteiger partial charge in [0.05, 0.1) is 5.52 Å². The van der Waals surface area contributed by atoms with E-state index >= 15 is 0 Å². The van der Waals surface area contributed by atoms with Gasteiger partial charge < -0.3 is 4.90 Å². The summed E-state index contributed by atoms with van der Waals surface area (Å²) in [4.78, 5) is 18.8. The van der Waals surface area contributed by atoms with Crippen molar-refractivity contribution in [3.8, 4) is 11.1 Å². The van der Waals surface area contributed by atoms with Gasteiger partial charge in [0.2, 0.25) is 5.91 Å². The van der Waals surface area contributed by atoms with Crippen LogP contribution in [0.5, 0.6) is 0 Å². The van der Waals surface area contributed by atoms with E-state index in [9.17, 15) is 4.79 Å². The number of fused-ring (bicyclic) bond motifs is 2. The molecule has 1 aliphatic heterocycles. The Labute approximate surface area is 154 Å². The highest BCUT2D eigenvalue weighted by Crippen LogP contribution is 2.35. The van der Waals surface area contributed by atoms with Crippen LogP contribution in [0.4, 0.5) is 0 Å². The molecular formula is C21H21ClN2O. The number of hydrogen-bond donors (Lipinski definition) is 0. The minimum Gasteiger partial charge on any atom is -0.339 e. The van der Waals surface area contributed by atoms with E-state index in [-0.39, 0.29) is 18.3 Å². The number of nitrogens with zero attached hydrogens (tertiary/aromatic N) is 2. The Morgan fingerprint density at radius 2 is 1.76 bits per heavy atom. The fourth-order valence-electron chi connectivity index (χ4n) is 3.59.